The SMILES string of the molecule is CC(C)=C[SiH](CCNCC[SiH](C)C)C(C)(C)C. The molecule has 0 saturated carbocycles. The van der Waals surface area contributed by atoms with Crippen LogP contribution in [0.15, 0.2) is 11.3 Å². The zero-order valence-corrected chi connectivity index (χ0v) is 15.4. The fourth-order valence-corrected chi connectivity index (χ4v) is 5.58. The van der Waals surface area contributed by atoms with Crippen molar-refractivity contribution in [2.75, 3.05) is 13.1 Å². The number of nitrogens with one attached hydrogen (secondary N) is 1. The maximum atomic E-state index is 3.63. The Bertz CT molecular complexity index is 225. The third-order valence-corrected chi connectivity index (χ3v) is 8.83. The number of hydrogen-bond donors (Lipinski definition) is 1. The van der Waals surface area contributed by atoms with E-state index in [9.17, 15) is 0 Å². The predicted molar refractivity (Wildman–Crippen MR) is 87.7 cm³/mol. The summed E-state index contributed by atoms with van der Waals surface area (Å²) in [4.78, 5) is 0. The molecule has 0 aliphatic carbocycles. The molecule has 1 atom stereocenters. The van der Waals surface area contributed by atoms with Crippen LogP contribution in [0.2, 0.25) is 30.2 Å². The molecule has 0 saturated heterocycles. The standard InChI is InChI=1S/C14H33NSi2/c1-13(2)12-17(14(3,4)5)11-9-15-8-10-16(6)7/h12,15-17H,8-11H2,1-7H3. The van der Waals surface area contributed by atoms with Gasteiger partial charge >= 0.3 is 0 Å². The molecule has 3 heteroatoms. The van der Waals surface area contributed by atoms with Crippen LogP contribution >= 0.6 is 0 Å². The lowest BCUT2D eigenvalue weighted by molar-refractivity contribution is 0.709. The zero-order chi connectivity index (χ0) is 13.5. The molecule has 1 nitrogen and oxygen atoms in total. The molecule has 0 aliphatic rings. The van der Waals surface area contributed by atoms with Crippen molar-refractivity contribution in [1.82, 2.24) is 5.32 Å². The van der Waals surface area contributed by atoms with Gasteiger partial charge in [0.25, 0.3) is 0 Å². The molecule has 0 aromatic carbocycles. The minimum absolute atomic E-state index is 0.358. The van der Waals surface area contributed by atoms with Crippen LogP contribution < -0.4 is 5.32 Å². The van der Waals surface area contributed by atoms with Crippen molar-refractivity contribution in [2.24, 2.45) is 0 Å². The van der Waals surface area contributed by atoms with Gasteiger partial charge in [0, 0.05) is 8.80 Å². The van der Waals surface area contributed by atoms with Gasteiger partial charge in [-0.05, 0) is 44.1 Å². The fourth-order valence-electron chi connectivity index (χ4n) is 1.94. The van der Waals surface area contributed by atoms with Crippen molar-refractivity contribution in [3.05, 3.63) is 11.3 Å². The van der Waals surface area contributed by atoms with Gasteiger partial charge in [-0.25, -0.2) is 0 Å². The molecule has 0 rings (SSSR count). The zero-order valence-electron chi connectivity index (χ0n) is 13.1. The Morgan fingerprint density at radius 1 is 1.06 bits per heavy atom. The van der Waals surface area contributed by atoms with E-state index in [1.807, 2.05) is 0 Å². The van der Waals surface area contributed by atoms with Gasteiger partial charge in [-0.1, -0.05) is 45.1 Å². The highest BCUT2D eigenvalue weighted by Gasteiger charge is 2.23. The second-order valence-electron chi connectivity index (χ2n) is 6.94. The van der Waals surface area contributed by atoms with E-state index >= 15 is 0 Å². The predicted octanol–water partition coefficient (Wildman–Crippen LogP) is 3.60. The van der Waals surface area contributed by atoms with Crippen LogP contribution in [0.25, 0.3) is 0 Å². The first-order valence-electron chi connectivity index (χ1n) is 7.09. The van der Waals surface area contributed by atoms with Gasteiger partial charge in [0.1, 0.15) is 0 Å². The topological polar surface area (TPSA) is 12.0 Å². The molecule has 0 fully saturated rings. The minimum Gasteiger partial charge on any atom is -0.317 e. The van der Waals surface area contributed by atoms with Crippen molar-refractivity contribution in [3.63, 3.8) is 0 Å². The summed E-state index contributed by atoms with van der Waals surface area (Å²) in [5.41, 5.74) is 4.09. The molecule has 102 valence electrons. The van der Waals surface area contributed by atoms with Gasteiger partial charge < -0.3 is 5.32 Å². The van der Waals surface area contributed by atoms with E-state index in [2.05, 4.69) is 58.7 Å². The Morgan fingerprint density at radius 2 is 1.59 bits per heavy atom. The molecule has 0 aromatic rings. The van der Waals surface area contributed by atoms with Crippen molar-refractivity contribution >= 4 is 17.6 Å². The van der Waals surface area contributed by atoms with E-state index in [1.54, 1.807) is 0 Å². The summed E-state index contributed by atoms with van der Waals surface area (Å²) >= 11 is 0. The third kappa shape index (κ3) is 9.80. The molecule has 1 unspecified atom stereocenters. The van der Waals surface area contributed by atoms with E-state index < -0.39 is 8.80 Å². The molecule has 0 bridgehead atoms. The van der Waals surface area contributed by atoms with E-state index in [0.29, 0.717) is 5.04 Å². The number of hydrogen-bond acceptors (Lipinski definition) is 1. The minimum atomic E-state index is -0.760. The summed E-state index contributed by atoms with van der Waals surface area (Å²) in [5, 5.41) is 4.15. The monoisotopic (exact) mass is 271 g/mol. The van der Waals surface area contributed by atoms with Gasteiger partial charge in [0.2, 0.25) is 0 Å². The van der Waals surface area contributed by atoms with Gasteiger partial charge in [-0.3, -0.25) is 0 Å². The van der Waals surface area contributed by atoms with Gasteiger partial charge in [0.05, 0.1) is 8.80 Å². The molecule has 0 aliphatic heterocycles. The molecule has 0 heterocycles. The first-order valence-corrected chi connectivity index (χ1v) is 12.3. The summed E-state index contributed by atoms with van der Waals surface area (Å²) in [6, 6.07) is 2.83. The molecule has 17 heavy (non-hydrogen) atoms. The van der Waals surface area contributed by atoms with Gasteiger partial charge in [0.15, 0.2) is 0 Å². The molecule has 0 radical (unpaired) electrons. The summed E-state index contributed by atoms with van der Waals surface area (Å²) in [6.07, 6.45) is 0. The largest absolute Gasteiger partial charge is 0.317 e. The van der Waals surface area contributed by atoms with Gasteiger partial charge in [-0.15, -0.1) is 0 Å². The fraction of sp³-hybridized carbons (Fsp3) is 0.857. The first-order chi connectivity index (χ1) is 7.73. The van der Waals surface area contributed by atoms with Crippen LogP contribution in [-0.4, -0.2) is 30.7 Å². The lowest BCUT2D eigenvalue weighted by atomic mass is 10.2. The lowest BCUT2D eigenvalue weighted by Gasteiger charge is -2.27. The number of rotatable bonds is 7. The normalized spacial score (nSPS) is 13.9. The Hall–Kier alpha value is 0.134. The van der Waals surface area contributed by atoms with Crippen LogP contribution in [0.3, 0.4) is 0 Å². The highest BCUT2D eigenvalue weighted by atomic mass is 28.3. The highest BCUT2D eigenvalue weighted by Crippen LogP contribution is 2.30. The van der Waals surface area contributed by atoms with E-state index in [-0.39, 0.29) is 8.80 Å². The van der Waals surface area contributed by atoms with Crippen LogP contribution in [0.1, 0.15) is 34.6 Å². The molecule has 1 N–H and O–H groups in total. The third-order valence-electron chi connectivity index (χ3n) is 3.18. The quantitative estimate of drug-likeness (QED) is 0.551. The van der Waals surface area contributed by atoms with E-state index in [4.69, 9.17) is 0 Å². The average molecular weight is 272 g/mol. The van der Waals surface area contributed by atoms with E-state index in [1.165, 1.54) is 30.8 Å². The number of allylic oxidation sites excluding steroid dienone is 1. The van der Waals surface area contributed by atoms with E-state index in [0.717, 1.165) is 0 Å². The van der Waals surface area contributed by atoms with Gasteiger partial charge in [-0.2, -0.15) is 0 Å². The average Bonchev–Trinajstić information content (AvgIpc) is 2.12. The Morgan fingerprint density at radius 3 is 2.00 bits per heavy atom. The second kappa shape index (κ2) is 8.27. The van der Waals surface area contributed by atoms with Crippen molar-refractivity contribution in [2.45, 2.75) is 64.8 Å². The van der Waals surface area contributed by atoms with Crippen LogP contribution in [0.4, 0.5) is 0 Å². The maximum Gasteiger partial charge on any atom is 0.0679 e. The highest BCUT2D eigenvalue weighted by molar-refractivity contribution is 6.67. The van der Waals surface area contributed by atoms with Crippen LogP contribution in [0, 0.1) is 0 Å². The molecule has 0 aromatic heterocycles. The smallest absolute Gasteiger partial charge is 0.0679 e. The summed E-state index contributed by atoms with van der Waals surface area (Å²) < 4.78 is 0. The van der Waals surface area contributed by atoms with Crippen LogP contribution in [0.5, 0.6) is 0 Å². The maximum absolute atomic E-state index is 3.63. The lowest BCUT2D eigenvalue weighted by Crippen LogP contribution is -2.29. The molecule has 0 amide bonds. The Balaban J connectivity index is 3.99. The molecular formula is C14H33NSi2. The molecule has 0 spiro atoms. The Kier molecular flexibility index (Phi) is 8.34. The molecular weight excluding hydrogens is 238 g/mol. The van der Waals surface area contributed by atoms with Crippen molar-refractivity contribution in [1.29, 1.82) is 0 Å². The Labute approximate surface area is 112 Å². The van der Waals surface area contributed by atoms with Crippen molar-refractivity contribution in [3.8, 4) is 0 Å². The summed E-state index contributed by atoms with van der Waals surface area (Å²) in [6.45, 7) is 19.0. The first kappa shape index (κ1) is 17.1. The van der Waals surface area contributed by atoms with Crippen molar-refractivity contribution < 1.29 is 0 Å². The summed E-state index contributed by atoms with van der Waals surface area (Å²) in [5.74, 6) is 0. The van der Waals surface area contributed by atoms with Crippen LogP contribution in [-0.2, 0) is 0 Å². The second-order valence-corrected chi connectivity index (χ2v) is 14.2. The summed E-state index contributed by atoms with van der Waals surface area (Å²) in [7, 11) is -1.12.